The molecule has 2 fully saturated rings. The van der Waals surface area contributed by atoms with E-state index in [1.807, 2.05) is 29.2 Å². The van der Waals surface area contributed by atoms with Crippen molar-refractivity contribution < 1.29 is 14.3 Å². The number of nitrogens with one attached hydrogen (secondary N) is 1. The summed E-state index contributed by atoms with van der Waals surface area (Å²) in [5, 5.41) is 3.88. The summed E-state index contributed by atoms with van der Waals surface area (Å²) in [5.41, 5.74) is 0.935. The zero-order valence-electron chi connectivity index (χ0n) is 12.2. The molecule has 0 aliphatic carbocycles. The van der Waals surface area contributed by atoms with Crippen molar-refractivity contribution in [3.63, 3.8) is 0 Å². The van der Waals surface area contributed by atoms with Crippen molar-refractivity contribution in [1.29, 1.82) is 0 Å². The van der Waals surface area contributed by atoms with Crippen LogP contribution < -0.4 is 5.32 Å². The Morgan fingerprint density at radius 1 is 1.32 bits per heavy atom. The van der Waals surface area contributed by atoms with E-state index in [1.165, 1.54) is 0 Å². The van der Waals surface area contributed by atoms with Crippen molar-refractivity contribution in [3.8, 4) is 0 Å². The van der Waals surface area contributed by atoms with E-state index in [-0.39, 0.29) is 30.5 Å². The second-order valence-corrected chi connectivity index (χ2v) is 5.65. The fraction of sp³-hybridized carbons (Fsp3) is 0.533. The van der Waals surface area contributed by atoms with Crippen LogP contribution in [0.3, 0.4) is 0 Å². The molecule has 1 aromatic rings. The van der Waals surface area contributed by atoms with Gasteiger partial charge in [0.05, 0.1) is 26.4 Å². The van der Waals surface area contributed by atoms with Crippen molar-refractivity contribution in [2.75, 3.05) is 39.5 Å². The fourth-order valence-electron chi connectivity index (χ4n) is 2.72. The fourth-order valence-corrected chi connectivity index (χ4v) is 2.98. The van der Waals surface area contributed by atoms with E-state index in [0.717, 1.165) is 5.56 Å². The standard InChI is InChI=1S/C15H19ClN2O3.ClH/c16-12-4-2-1-3-11(12)14-9-18(6-8-21-14)15(19)13-10-20-7-5-17-13;/h1-4,13-14,17H,5-10H2;1H. The van der Waals surface area contributed by atoms with Gasteiger partial charge in [0.2, 0.25) is 5.91 Å². The number of amides is 1. The monoisotopic (exact) mass is 346 g/mol. The van der Waals surface area contributed by atoms with Gasteiger partial charge in [0.1, 0.15) is 12.1 Å². The first-order valence-corrected chi connectivity index (χ1v) is 7.59. The van der Waals surface area contributed by atoms with Crippen molar-refractivity contribution in [2.45, 2.75) is 12.1 Å². The van der Waals surface area contributed by atoms with Crippen LogP contribution in [0.4, 0.5) is 0 Å². The van der Waals surface area contributed by atoms with E-state index >= 15 is 0 Å². The molecule has 2 saturated heterocycles. The quantitative estimate of drug-likeness (QED) is 0.884. The summed E-state index contributed by atoms with van der Waals surface area (Å²) >= 11 is 6.22. The smallest absolute Gasteiger partial charge is 0.242 e. The van der Waals surface area contributed by atoms with E-state index in [1.54, 1.807) is 0 Å². The predicted octanol–water partition coefficient (Wildman–Crippen LogP) is 1.65. The van der Waals surface area contributed by atoms with Crippen molar-refractivity contribution >= 4 is 29.9 Å². The molecule has 2 aliphatic heterocycles. The molecule has 0 aromatic heterocycles. The molecule has 1 amide bonds. The topological polar surface area (TPSA) is 50.8 Å². The van der Waals surface area contributed by atoms with Gasteiger partial charge in [0.25, 0.3) is 0 Å². The van der Waals surface area contributed by atoms with E-state index < -0.39 is 0 Å². The highest BCUT2D eigenvalue weighted by Crippen LogP contribution is 2.28. The SMILES string of the molecule is Cl.O=C(C1COCCN1)N1CCOC(c2ccccc2Cl)C1. The van der Waals surface area contributed by atoms with Crippen LogP contribution in [0.5, 0.6) is 0 Å². The second kappa shape index (κ2) is 8.13. The Hall–Kier alpha value is -0.850. The molecule has 2 atom stereocenters. The zero-order valence-corrected chi connectivity index (χ0v) is 13.7. The Kier molecular flexibility index (Phi) is 6.47. The first kappa shape index (κ1) is 17.5. The third-order valence-electron chi connectivity index (χ3n) is 3.85. The molecule has 22 heavy (non-hydrogen) atoms. The molecule has 7 heteroatoms. The van der Waals surface area contributed by atoms with Gasteiger partial charge in [-0.2, -0.15) is 0 Å². The average molecular weight is 347 g/mol. The number of nitrogens with zero attached hydrogens (tertiary/aromatic N) is 1. The Bertz CT molecular complexity index is 509. The van der Waals surface area contributed by atoms with Gasteiger partial charge in [-0.05, 0) is 6.07 Å². The summed E-state index contributed by atoms with van der Waals surface area (Å²) in [6.45, 7) is 3.48. The van der Waals surface area contributed by atoms with E-state index in [9.17, 15) is 4.79 Å². The van der Waals surface area contributed by atoms with Crippen molar-refractivity contribution in [1.82, 2.24) is 10.2 Å². The van der Waals surface area contributed by atoms with Crippen LogP contribution in [0.25, 0.3) is 0 Å². The van der Waals surface area contributed by atoms with Gasteiger partial charge in [0, 0.05) is 23.7 Å². The van der Waals surface area contributed by atoms with E-state index in [2.05, 4.69) is 5.32 Å². The molecule has 2 heterocycles. The number of hydrogen-bond donors (Lipinski definition) is 1. The lowest BCUT2D eigenvalue weighted by Gasteiger charge is -2.36. The molecule has 0 saturated carbocycles. The summed E-state index contributed by atoms with van der Waals surface area (Å²) in [5.74, 6) is 0.0788. The maximum Gasteiger partial charge on any atom is 0.242 e. The largest absolute Gasteiger partial charge is 0.378 e. The Labute approximate surface area is 141 Å². The van der Waals surface area contributed by atoms with Gasteiger partial charge in [-0.25, -0.2) is 0 Å². The van der Waals surface area contributed by atoms with Crippen LogP contribution >= 0.6 is 24.0 Å². The molecule has 1 aromatic carbocycles. The molecule has 2 unspecified atom stereocenters. The first-order valence-electron chi connectivity index (χ1n) is 7.21. The van der Waals surface area contributed by atoms with Gasteiger partial charge >= 0.3 is 0 Å². The lowest BCUT2D eigenvalue weighted by molar-refractivity contribution is -0.144. The lowest BCUT2D eigenvalue weighted by atomic mass is 10.1. The summed E-state index contributed by atoms with van der Waals surface area (Å²) < 4.78 is 11.1. The number of rotatable bonds is 2. The first-order chi connectivity index (χ1) is 10.3. The van der Waals surface area contributed by atoms with Crippen molar-refractivity contribution in [2.24, 2.45) is 0 Å². The van der Waals surface area contributed by atoms with Crippen LogP contribution in [-0.2, 0) is 14.3 Å². The highest BCUT2D eigenvalue weighted by molar-refractivity contribution is 6.31. The normalized spacial score (nSPS) is 25.4. The predicted molar refractivity (Wildman–Crippen MR) is 86.6 cm³/mol. The number of halogens is 2. The van der Waals surface area contributed by atoms with Crippen LogP contribution in [-0.4, -0.2) is 56.3 Å². The van der Waals surface area contributed by atoms with Gasteiger partial charge in [-0.15, -0.1) is 12.4 Å². The van der Waals surface area contributed by atoms with E-state index in [0.29, 0.717) is 44.5 Å². The Balaban J connectivity index is 0.00000176. The van der Waals surface area contributed by atoms with Gasteiger partial charge < -0.3 is 19.7 Å². The average Bonchev–Trinajstić information content (AvgIpc) is 2.55. The maximum atomic E-state index is 12.5. The highest BCUT2D eigenvalue weighted by Gasteiger charge is 2.31. The summed E-state index contributed by atoms with van der Waals surface area (Å²) in [4.78, 5) is 14.3. The third-order valence-corrected chi connectivity index (χ3v) is 4.19. The van der Waals surface area contributed by atoms with Crippen LogP contribution in [0.1, 0.15) is 11.7 Å². The number of carbonyl (C=O) groups is 1. The summed E-state index contributed by atoms with van der Waals surface area (Å²) in [6.07, 6.45) is -0.166. The van der Waals surface area contributed by atoms with Crippen LogP contribution in [0.15, 0.2) is 24.3 Å². The van der Waals surface area contributed by atoms with E-state index in [4.69, 9.17) is 21.1 Å². The number of benzene rings is 1. The van der Waals surface area contributed by atoms with Gasteiger partial charge in [0.15, 0.2) is 0 Å². The van der Waals surface area contributed by atoms with Gasteiger partial charge in [-0.1, -0.05) is 29.8 Å². The molecule has 0 bridgehead atoms. The number of hydrogen-bond acceptors (Lipinski definition) is 4. The maximum absolute atomic E-state index is 12.5. The highest BCUT2D eigenvalue weighted by atomic mass is 35.5. The third kappa shape index (κ3) is 3.91. The molecule has 122 valence electrons. The number of morpholine rings is 2. The molecule has 3 rings (SSSR count). The molecular formula is C15H20Cl2N2O3. The van der Waals surface area contributed by atoms with Crippen LogP contribution in [0.2, 0.25) is 5.02 Å². The molecule has 5 nitrogen and oxygen atoms in total. The molecule has 2 aliphatic rings. The molecular weight excluding hydrogens is 327 g/mol. The lowest BCUT2D eigenvalue weighted by Crippen LogP contribution is -2.55. The Morgan fingerprint density at radius 3 is 2.86 bits per heavy atom. The minimum absolute atomic E-state index is 0. The zero-order chi connectivity index (χ0) is 14.7. The molecule has 0 radical (unpaired) electrons. The summed E-state index contributed by atoms with van der Waals surface area (Å²) in [6, 6.07) is 7.37. The molecule has 0 spiro atoms. The van der Waals surface area contributed by atoms with Crippen molar-refractivity contribution in [3.05, 3.63) is 34.9 Å². The minimum atomic E-state index is -0.247. The van der Waals surface area contributed by atoms with Crippen LogP contribution in [0, 0.1) is 0 Å². The summed E-state index contributed by atoms with van der Waals surface area (Å²) in [7, 11) is 0. The second-order valence-electron chi connectivity index (χ2n) is 5.25. The minimum Gasteiger partial charge on any atom is -0.378 e. The Morgan fingerprint density at radius 2 is 2.14 bits per heavy atom. The van der Waals surface area contributed by atoms with Gasteiger partial charge in [-0.3, -0.25) is 4.79 Å². The number of ether oxygens (including phenoxy) is 2. The number of carbonyl (C=O) groups excluding carboxylic acids is 1. The molecule has 1 N–H and O–H groups in total.